The Morgan fingerprint density at radius 2 is 1.44 bits per heavy atom. The van der Waals surface area contributed by atoms with E-state index in [1.54, 1.807) is 0 Å². The monoisotopic (exact) mass is 270 g/mol. The average Bonchev–Trinajstić information content (AvgIpc) is 2.25. The van der Waals surface area contributed by atoms with E-state index < -0.39 is 8.32 Å². The third-order valence-corrected chi connectivity index (χ3v) is 10.1. The highest BCUT2D eigenvalue weighted by molar-refractivity contribution is 6.77. The highest BCUT2D eigenvalue weighted by Gasteiger charge is 2.44. The van der Waals surface area contributed by atoms with Crippen LogP contribution in [0.5, 0.6) is 0 Å². The van der Waals surface area contributed by atoms with Crippen molar-refractivity contribution in [2.75, 3.05) is 6.61 Å². The van der Waals surface area contributed by atoms with E-state index in [2.05, 4.69) is 61.5 Å². The Labute approximate surface area is 116 Å². The van der Waals surface area contributed by atoms with E-state index in [-0.39, 0.29) is 0 Å². The molecular formula is C16H34OSi. The Morgan fingerprint density at radius 3 is 1.78 bits per heavy atom. The molecule has 1 nitrogen and oxygen atoms in total. The van der Waals surface area contributed by atoms with Gasteiger partial charge in [0, 0.05) is 0 Å². The van der Waals surface area contributed by atoms with Crippen LogP contribution in [0, 0.1) is 0 Å². The van der Waals surface area contributed by atoms with Gasteiger partial charge in [0.25, 0.3) is 0 Å². The lowest BCUT2D eigenvalue weighted by Gasteiger charge is -2.42. The van der Waals surface area contributed by atoms with Crippen LogP contribution in [0.1, 0.15) is 68.2 Å². The molecule has 0 rings (SSSR count). The molecule has 0 aromatic carbocycles. The van der Waals surface area contributed by atoms with Gasteiger partial charge in [-0.1, -0.05) is 66.5 Å². The first-order valence-electron chi connectivity index (χ1n) is 7.58. The van der Waals surface area contributed by atoms with Gasteiger partial charge < -0.3 is 4.43 Å². The second-order valence-electron chi connectivity index (χ2n) is 6.45. The van der Waals surface area contributed by atoms with Crippen LogP contribution in [0.4, 0.5) is 0 Å². The van der Waals surface area contributed by atoms with E-state index in [1.807, 2.05) is 0 Å². The van der Waals surface area contributed by atoms with Gasteiger partial charge in [0.2, 0.25) is 8.32 Å². The summed E-state index contributed by atoms with van der Waals surface area (Å²) in [5, 5.41) is 0. The second kappa shape index (κ2) is 8.16. The average molecular weight is 271 g/mol. The third-order valence-electron chi connectivity index (χ3n) is 4.04. The van der Waals surface area contributed by atoms with Gasteiger partial charge in [-0.2, -0.15) is 0 Å². The zero-order chi connectivity index (χ0) is 14.3. The molecule has 0 aliphatic carbocycles. The minimum absolute atomic E-state index is 0.677. The first-order chi connectivity index (χ1) is 8.28. The zero-order valence-corrected chi connectivity index (χ0v) is 14.8. The van der Waals surface area contributed by atoms with E-state index in [0.717, 1.165) is 6.61 Å². The van der Waals surface area contributed by atoms with Crippen LogP contribution in [0.25, 0.3) is 0 Å². The van der Waals surface area contributed by atoms with Crippen LogP contribution >= 0.6 is 0 Å². The van der Waals surface area contributed by atoms with E-state index in [9.17, 15) is 0 Å². The second-order valence-corrected chi connectivity index (χ2v) is 11.9. The van der Waals surface area contributed by atoms with E-state index >= 15 is 0 Å². The molecule has 0 aliphatic heterocycles. The molecule has 108 valence electrons. The summed E-state index contributed by atoms with van der Waals surface area (Å²) in [4.78, 5) is 0. The van der Waals surface area contributed by atoms with Crippen molar-refractivity contribution in [3.8, 4) is 0 Å². The molecule has 2 heteroatoms. The summed E-state index contributed by atoms with van der Waals surface area (Å²) in [7, 11) is -1.67. The van der Waals surface area contributed by atoms with Gasteiger partial charge in [0.15, 0.2) is 0 Å². The maximum absolute atomic E-state index is 6.54. The van der Waals surface area contributed by atoms with Gasteiger partial charge in [-0.05, 0) is 30.0 Å². The molecule has 0 unspecified atom stereocenters. The molecule has 0 saturated heterocycles. The van der Waals surface area contributed by atoms with Crippen molar-refractivity contribution >= 4 is 8.32 Å². The number of hydrogen-bond acceptors (Lipinski definition) is 1. The Kier molecular flexibility index (Phi) is 8.12. The number of hydrogen-bond donors (Lipinski definition) is 0. The van der Waals surface area contributed by atoms with E-state index in [1.165, 1.54) is 18.4 Å². The molecule has 0 bridgehead atoms. The molecule has 0 atom stereocenters. The SMILES string of the molecule is CCC/C=C(\C)CO[Si](C(C)C)(C(C)C)C(C)C. The van der Waals surface area contributed by atoms with Gasteiger partial charge in [-0.15, -0.1) is 0 Å². The molecule has 0 saturated carbocycles. The summed E-state index contributed by atoms with van der Waals surface area (Å²) < 4.78 is 6.54. The van der Waals surface area contributed by atoms with Crippen molar-refractivity contribution < 1.29 is 4.43 Å². The van der Waals surface area contributed by atoms with Crippen LogP contribution in [0.3, 0.4) is 0 Å². The van der Waals surface area contributed by atoms with Crippen molar-refractivity contribution in [1.29, 1.82) is 0 Å². The summed E-state index contributed by atoms with van der Waals surface area (Å²) >= 11 is 0. The fourth-order valence-corrected chi connectivity index (χ4v) is 8.67. The van der Waals surface area contributed by atoms with Crippen LogP contribution in [0.15, 0.2) is 11.6 Å². The van der Waals surface area contributed by atoms with E-state index in [4.69, 9.17) is 4.43 Å². The normalized spacial score (nSPS) is 14.1. The van der Waals surface area contributed by atoms with Crippen LogP contribution in [-0.2, 0) is 4.43 Å². The predicted octanol–water partition coefficient (Wildman–Crippen LogP) is 5.92. The summed E-state index contributed by atoms with van der Waals surface area (Å²) in [5.41, 5.74) is 3.43. The maximum atomic E-state index is 6.54. The standard InChI is InChI=1S/C16H34OSi/c1-9-10-11-16(8)12-17-18(13(2)3,14(4)5)15(6)7/h11,13-15H,9-10,12H2,1-8H3/b16-11+. The van der Waals surface area contributed by atoms with Gasteiger partial charge in [0.05, 0.1) is 6.61 Å². The molecule has 0 fully saturated rings. The maximum Gasteiger partial charge on any atom is 0.200 e. The van der Waals surface area contributed by atoms with Gasteiger partial charge in [-0.25, -0.2) is 0 Å². The summed E-state index contributed by atoms with van der Waals surface area (Å²) in [6.45, 7) is 19.3. The van der Waals surface area contributed by atoms with Crippen molar-refractivity contribution in [2.24, 2.45) is 0 Å². The molecule has 0 aromatic heterocycles. The van der Waals surface area contributed by atoms with Crippen LogP contribution in [-0.4, -0.2) is 14.9 Å². The Morgan fingerprint density at radius 1 is 1.00 bits per heavy atom. The van der Waals surface area contributed by atoms with Gasteiger partial charge >= 0.3 is 0 Å². The number of unbranched alkanes of at least 4 members (excludes halogenated alkanes) is 1. The predicted molar refractivity (Wildman–Crippen MR) is 85.7 cm³/mol. The third kappa shape index (κ3) is 4.54. The Bertz CT molecular complexity index is 232. The molecule has 0 spiro atoms. The van der Waals surface area contributed by atoms with E-state index in [0.29, 0.717) is 16.6 Å². The molecule has 0 heterocycles. The Balaban J connectivity index is 4.81. The fraction of sp³-hybridized carbons (Fsp3) is 0.875. The van der Waals surface area contributed by atoms with Crippen LogP contribution < -0.4 is 0 Å². The van der Waals surface area contributed by atoms with Gasteiger partial charge in [-0.3, -0.25) is 0 Å². The largest absolute Gasteiger partial charge is 0.412 e. The smallest absolute Gasteiger partial charge is 0.200 e. The molecule has 0 N–H and O–H groups in total. The molecule has 0 aromatic rings. The lowest BCUT2D eigenvalue weighted by molar-refractivity contribution is 0.307. The molecule has 18 heavy (non-hydrogen) atoms. The highest BCUT2D eigenvalue weighted by Crippen LogP contribution is 2.42. The topological polar surface area (TPSA) is 9.23 Å². The lowest BCUT2D eigenvalue weighted by atomic mass is 10.2. The first kappa shape index (κ1) is 17.9. The minimum atomic E-state index is -1.67. The van der Waals surface area contributed by atoms with Crippen molar-refractivity contribution in [1.82, 2.24) is 0 Å². The molecule has 0 aliphatic rings. The number of rotatable bonds is 8. The molecule has 0 radical (unpaired) electrons. The summed E-state index contributed by atoms with van der Waals surface area (Å²) in [6.07, 6.45) is 4.73. The summed E-state index contributed by atoms with van der Waals surface area (Å²) in [6, 6.07) is 0. The van der Waals surface area contributed by atoms with Crippen molar-refractivity contribution in [3.05, 3.63) is 11.6 Å². The van der Waals surface area contributed by atoms with Crippen LogP contribution in [0.2, 0.25) is 16.6 Å². The molecular weight excluding hydrogens is 236 g/mol. The first-order valence-corrected chi connectivity index (χ1v) is 9.72. The summed E-state index contributed by atoms with van der Waals surface area (Å²) in [5.74, 6) is 0. The zero-order valence-electron chi connectivity index (χ0n) is 13.8. The minimum Gasteiger partial charge on any atom is -0.412 e. The van der Waals surface area contributed by atoms with Crippen molar-refractivity contribution in [3.63, 3.8) is 0 Å². The van der Waals surface area contributed by atoms with Gasteiger partial charge in [0.1, 0.15) is 0 Å². The Hall–Kier alpha value is -0.0831. The fourth-order valence-electron chi connectivity index (χ4n) is 3.19. The number of allylic oxidation sites excluding steroid dienone is 1. The highest BCUT2D eigenvalue weighted by atomic mass is 28.4. The molecule has 0 amide bonds. The quantitative estimate of drug-likeness (QED) is 0.392. The van der Waals surface area contributed by atoms with Crippen molar-refractivity contribution in [2.45, 2.75) is 84.9 Å². The lowest BCUT2D eigenvalue weighted by Crippen LogP contribution is -2.48.